The van der Waals surface area contributed by atoms with Crippen LogP contribution in [0.25, 0.3) is 0 Å². The van der Waals surface area contributed by atoms with E-state index >= 15 is 0 Å². The Morgan fingerprint density at radius 2 is 2.11 bits per heavy atom. The second-order valence-corrected chi connectivity index (χ2v) is 4.69. The average Bonchev–Trinajstić information content (AvgIpc) is 2.35. The van der Waals surface area contributed by atoms with Gasteiger partial charge in [-0.05, 0) is 18.2 Å². The molecule has 0 unspecified atom stereocenters. The molecule has 2 amide bonds. The van der Waals surface area contributed by atoms with Crippen molar-refractivity contribution in [2.75, 3.05) is 26.7 Å². The highest BCUT2D eigenvalue weighted by atomic mass is 32.1. The molecule has 18 heavy (non-hydrogen) atoms. The first kappa shape index (κ1) is 12.9. The van der Waals surface area contributed by atoms with Gasteiger partial charge in [-0.3, -0.25) is 9.59 Å². The fourth-order valence-corrected chi connectivity index (χ4v) is 1.97. The van der Waals surface area contributed by atoms with Crippen LogP contribution in [0.5, 0.6) is 0 Å². The maximum Gasteiger partial charge on any atom is 0.254 e. The van der Waals surface area contributed by atoms with Gasteiger partial charge in [-0.1, -0.05) is 0 Å². The number of thiol groups is 1. The summed E-state index contributed by atoms with van der Waals surface area (Å²) < 4.78 is 13.1. The molecule has 6 heteroatoms. The molecule has 0 N–H and O–H groups in total. The zero-order chi connectivity index (χ0) is 13.3. The van der Waals surface area contributed by atoms with E-state index in [0.29, 0.717) is 18.7 Å². The Balaban J connectivity index is 2.16. The molecule has 2 rings (SSSR count). The molecule has 0 aliphatic carbocycles. The number of benzene rings is 1. The third kappa shape index (κ3) is 2.48. The van der Waals surface area contributed by atoms with Crippen LogP contribution in [0, 0.1) is 5.82 Å². The van der Waals surface area contributed by atoms with Crippen LogP contribution in [0.4, 0.5) is 4.39 Å². The molecule has 4 nitrogen and oxygen atoms in total. The number of halogens is 1. The Morgan fingerprint density at radius 1 is 1.39 bits per heavy atom. The Hall–Kier alpha value is -1.56. The summed E-state index contributed by atoms with van der Waals surface area (Å²) in [7, 11) is 1.70. The number of carbonyl (C=O) groups excluding carboxylic acids is 2. The highest BCUT2D eigenvalue weighted by molar-refractivity contribution is 7.80. The molecule has 0 radical (unpaired) electrons. The minimum atomic E-state index is -0.468. The fourth-order valence-electron chi connectivity index (χ4n) is 1.76. The standard InChI is InChI=1S/C12H13FN2O2S/c1-14-4-5-15(7-11(14)16)12(17)8-2-3-9(13)10(18)6-8/h2-3,6,18H,4-5,7H2,1H3. The summed E-state index contributed by atoms with van der Waals surface area (Å²) in [6, 6.07) is 3.98. The molecule has 0 saturated carbocycles. The molecule has 1 aromatic rings. The number of amides is 2. The summed E-state index contributed by atoms with van der Waals surface area (Å²) in [6.07, 6.45) is 0. The number of hydrogen-bond acceptors (Lipinski definition) is 3. The van der Waals surface area contributed by atoms with Gasteiger partial charge in [0, 0.05) is 30.6 Å². The van der Waals surface area contributed by atoms with Crippen molar-refractivity contribution in [1.82, 2.24) is 9.80 Å². The minimum Gasteiger partial charge on any atom is -0.342 e. The third-order valence-corrected chi connectivity index (χ3v) is 3.28. The average molecular weight is 268 g/mol. The van der Waals surface area contributed by atoms with Crippen molar-refractivity contribution in [2.45, 2.75) is 4.90 Å². The lowest BCUT2D eigenvalue weighted by Gasteiger charge is -2.32. The Morgan fingerprint density at radius 3 is 2.72 bits per heavy atom. The van der Waals surface area contributed by atoms with Crippen LogP contribution in [-0.4, -0.2) is 48.3 Å². The summed E-state index contributed by atoms with van der Waals surface area (Å²) in [6.45, 7) is 1.06. The molecule has 1 aliphatic heterocycles. The van der Waals surface area contributed by atoms with E-state index in [1.807, 2.05) is 0 Å². The van der Waals surface area contributed by atoms with Crippen molar-refractivity contribution < 1.29 is 14.0 Å². The van der Waals surface area contributed by atoms with Crippen LogP contribution in [-0.2, 0) is 4.79 Å². The van der Waals surface area contributed by atoms with Crippen molar-refractivity contribution in [1.29, 1.82) is 0 Å². The minimum absolute atomic E-state index is 0.0641. The molecule has 0 aromatic heterocycles. The van der Waals surface area contributed by atoms with E-state index in [1.165, 1.54) is 23.1 Å². The van der Waals surface area contributed by atoms with Crippen molar-refractivity contribution >= 4 is 24.4 Å². The third-order valence-electron chi connectivity index (χ3n) is 2.94. The predicted molar refractivity (Wildman–Crippen MR) is 67.2 cm³/mol. The lowest BCUT2D eigenvalue weighted by Crippen LogP contribution is -2.50. The summed E-state index contributed by atoms with van der Waals surface area (Å²) >= 11 is 3.94. The molecular weight excluding hydrogens is 255 g/mol. The van der Waals surface area contributed by atoms with Crippen LogP contribution < -0.4 is 0 Å². The number of rotatable bonds is 1. The van der Waals surface area contributed by atoms with Gasteiger partial charge in [-0.25, -0.2) is 4.39 Å². The number of likely N-dealkylation sites (N-methyl/N-ethyl adjacent to an activating group) is 1. The van der Waals surface area contributed by atoms with E-state index in [2.05, 4.69) is 12.6 Å². The monoisotopic (exact) mass is 268 g/mol. The van der Waals surface area contributed by atoms with Gasteiger partial charge in [-0.15, -0.1) is 12.6 Å². The maximum absolute atomic E-state index is 13.1. The van der Waals surface area contributed by atoms with Crippen molar-refractivity contribution in [2.24, 2.45) is 0 Å². The van der Waals surface area contributed by atoms with Crippen LogP contribution in [0.3, 0.4) is 0 Å². The first-order valence-electron chi connectivity index (χ1n) is 5.51. The highest BCUT2D eigenvalue weighted by Gasteiger charge is 2.25. The number of carbonyl (C=O) groups is 2. The van der Waals surface area contributed by atoms with Gasteiger partial charge in [-0.2, -0.15) is 0 Å². The first-order valence-corrected chi connectivity index (χ1v) is 5.95. The second kappa shape index (κ2) is 4.97. The Labute approximate surface area is 110 Å². The molecule has 1 saturated heterocycles. The van der Waals surface area contributed by atoms with Crippen LogP contribution in [0.1, 0.15) is 10.4 Å². The molecule has 96 valence electrons. The first-order chi connectivity index (χ1) is 8.49. The smallest absolute Gasteiger partial charge is 0.254 e. The van der Waals surface area contributed by atoms with E-state index in [1.54, 1.807) is 11.9 Å². The number of piperazine rings is 1. The lowest BCUT2D eigenvalue weighted by atomic mass is 10.1. The van der Waals surface area contributed by atoms with Gasteiger partial charge < -0.3 is 9.80 Å². The summed E-state index contributed by atoms with van der Waals surface area (Å²) in [5.41, 5.74) is 0.346. The maximum atomic E-state index is 13.1. The summed E-state index contributed by atoms with van der Waals surface area (Å²) in [4.78, 5) is 26.8. The summed E-state index contributed by atoms with van der Waals surface area (Å²) in [5.74, 6) is -0.834. The fraction of sp³-hybridized carbons (Fsp3) is 0.333. The zero-order valence-electron chi connectivity index (χ0n) is 9.89. The second-order valence-electron chi connectivity index (χ2n) is 4.21. The predicted octanol–water partition coefficient (Wildman–Crippen LogP) is 1.03. The highest BCUT2D eigenvalue weighted by Crippen LogP contribution is 2.16. The molecule has 1 fully saturated rings. The van der Waals surface area contributed by atoms with Gasteiger partial charge in [0.1, 0.15) is 12.4 Å². The molecule has 0 atom stereocenters. The Bertz CT molecular complexity index is 507. The summed E-state index contributed by atoms with van der Waals surface area (Å²) in [5, 5.41) is 0. The molecular formula is C12H13FN2O2S. The molecule has 1 aliphatic rings. The van der Waals surface area contributed by atoms with E-state index < -0.39 is 5.82 Å². The Kier molecular flexibility index (Phi) is 3.56. The van der Waals surface area contributed by atoms with Crippen LogP contribution >= 0.6 is 12.6 Å². The normalized spacial score (nSPS) is 16.1. The SMILES string of the molecule is CN1CCN(C(=O)c2ccc(F)c(S)c2)CC1=O. The van der Waals surface area contributed by atoms with Gasteiger partial charge in [0.05, 0.1) is 0 Å². The molecule has 1 aromatic carbocycles. The lowest BCUT2D eigenvalue weighted by molar-refractivity contribution is -0.133. The van der Waals surface area contributed by atoms with Gasteiger partial charge in [0.2, 0.25) is 5.91 Å². The van der Waals surface area contributed by atoms with Crippen molar-refractivity contribution in [3.05, 3.63) is 29.6 Å². The van der Waals surface area contributed by atoms with E-state index in [4.69, 9.17) is 0 Å². The van der Waals surface area contributed by atoms with E-state index in [9.17, 15) is 14.0 Å². The van der Waals surface area contributed by atoms with Gasteiger partial charge >= 0.3 is 0 Å². The zero-order valence-corrected chi connectivity index (χ0v) is 10.8. The number of hydrogen-bond donors (Lipinski definition) is 1. The van der Waals surface area contributed by atoms with Gasteiger partial charge in [0.15, 0.2) is 0 Å². The van der Waals surface area contributed by atoms with E-state index in [0.717, 1.165) is 0 Å². The van der Waals surface area contributed by atoms with Crippen LogP contribution in [0.2, 0.25) is 0 Å². The van der Waals surface area contributed by atoms with Crippen LogP contribution in [0.15, 0.2) is 23.1 Å². The number of nitrogens with zero attached hydrogens (tertiary/aromatic N) is 2. The van der Waals surface area contributed by atoms with Crippen molar-refractivity contribution in [3.63, 3.8) is 0 Å². The van der Waals surface area contributed by atoms with Crippen molar-refractivity contribution in [3.8, 4) is 0 Å². The largest absolute Gasteiger partial charge is 0.342 e. The molecule has 0 bridgehead atoms. The quantitative estimate of drug-likeness (QED) is 0.773. The topological polar surface area (TPSA) is 40.6 Å². The molecule has 1 heterocycles. The van der Waals surface area contributed by atoms with E-state index in [-0.39, 0.29) is 23.3 Å². The van der Waals surface area contributed by atoms with Gasteiger partial charge in [0.25, 0.3) is 5.91 Å². The molecule has 0 spiro atoms.